The van der Waals surface area contributed by atoms with Crippen LogP contribution in [0.2, 0.25) is 0 Å². The molecule has 27 heavy (non-hydrogen) atoms. The number of benzene rings is 2. The van der Waals surface area contributed by atoms with Crippen LogP contribution in [0.5, 0.6) is 0 Å². The van der Waals surface area contributed by atoms with E-state index < -0.39 is 11.9 Å². The number of aromatic nitrogens is 1. The number of carboxylic acid groups (broad SMARTS) is 1. The zero-order valence-corrected chi connectivity index (χ0v) is 15.5. The third kappa shape index (κ3) is 3.14. The summed E-state index contributed by atoms with van der Waals surface area (Å²) in [4.78, 5) is 11.9. The second-order valence-electron chi connectivity index (χ2n) is 7.45. The lowest BCUT2D eigenvalue weighted by atomic mass is 9.77. The standard InChI is InChI=1S/C23H24FNO2/c1-2-17(23(26)27)18-9-6-10-19-20-13-16(24)11-12-21(20)25(22(18)19)14-15-7-4-3-5-8-15/h3-5,7-8,11-13,17-18H,2,6,9-10,14H2,1H3,(H,26,27). The third-order valence-corrected chi connectivity index (χ3v) is 5.89. The van der Waals surface area contributed by atoms with Crippen LogP contribution in [-0.2, 0) is 17.8 Å². The maximum atomic E-state index is 14.0. The first-order valence-corrected chi connectivity index (χ1v) is 9.67. The van der Waals surface area contributed by atoms with Crippen LogP contribution in [0.3, 0.4) is 0 Å². The molecule has 3 aromatic rings. The monoisotopic (exact) mass is 365 g/mol. The van der Waals surface area contributed by atoms with Crippen LogP contribution in [0.15, 0.2) is 48.5 Å². The zero-order chi connectivity index (χ0) is 19.0. The molecule has 0 saturated heterocycles. The summed E-state index contributed by atoms with van der Waals surface area (Å²) < 4.78 is 16.2. The van der Waals surface area contributed by atoms with Crippen molar-refractivity contribution in [1.82, 2.24) is 4.57 Å². The fourth-order valence-corrected chi connectivity index (χ4v) is 4.70. The average Bonchev–Trinajstić information content (AvgIpc) is 2.97. The molecule has 0 bridgehead atoms. The first-order chi connectivity index (χ1) is 13.1. The van der Waals surface area contributed by atoms with E-state index in [-0.39, 0.29) is 11.7 Å². The molecule has 0 spiro atoms. The van der Waals surface area contributed by atoms with Crippen LogP contribution in [0.25, 0.3) is 10.9 Å². The Morgan fingerprint density at radius 2 is 2.04 bits per heavy atom. The predicted octanol–water partition coefficient (Wildman–Crippen LogP) is 5.36. The van der Waals surface area contributed by atoms with Crippen LogP contribution in [0, 0.1) is 11.7 Å². The number of aliphatic carboxylic acids is 1. The molecule has 1 aliphatic rings. The van der Waals surface area contributed by atoms with Crippen LogP contribution in [0.1, 0.15) is 48.9 Å². The summed E-state index contributed by atoms with van der Waals surface area (Å²) in [5.41, 5.74) is 4.39. The van der Waals surface area contributed by atoms with Crippen molar-refractivity contribution in [1.29, 1.82) is 0 Å². The lowest BCUT2D eigenvalue weighted by Gasteiger charge is -2.30. The summed E-state index contributed by atoms with van der Waals surface area (Å²) in [7, 11) is 0. The van der Waals surface area contributed by atoms with Gasteiger partial charge in [-0.25, -0.2) is 4.39 Å². The van der Waals surface area contributed by atoms with Crippen molar-refractivity contribution < 1.29 is 14.3 Å². The molecule has 1 aliphatic carbocycles. The zero-order valence-electron chi connectivity index (χ0n) is 15.5. The SMILES string of the molecule is CCC(C(=O)O)C1CCCc2c1n(Cc1ccccc1)c1ccc(F)cc21. The highest BCUT2D eigenvalue weighted by atomic mass is 19.1. The van der Waals surface area contributed by atoms with Gasteiger partial charge in [0.15, 0.2) is 0 Å². The summed E-state index contributed by atoms with van der Waals surface area (Å²) in [6.45, 7) is 2.61. The highest BCUT2D eigenvalue weighted by molar-refractivity contribution is 5.87. The molecule has 1 N–H and O–H groups in total. The van der Waals surface area contributed by atoms with E-state index in [0.717, 1.165) is 47.0 Å². The number of hydrogen-bond donors (Lipinski definition) is 1. The summed E-state index contributed by atoms with van der Waals surface area (Å²) in [6, 6.07) is 15.1. The van der Waals surface area contributed by atoms with Gasteiger partial charge in [0.1, 0.15) is 5.82 Å². The van der Waals surface area contributed by atoms with Crippen molar-refractivity contribution in [3.63, 3.8) is 0 Å². The summed E-state index contributed by atoms with van der Waals surface area (Å²) in [5, 5.41) is 10.7. The maximum absolute atomic E-state index is 14.0. The molecule has 3 nitrogen and oxygen atoms in total. The van der Waals surface area contributed by atoms with E-state index in [1.54, 1.807) is 6.07 Å². The average molecular weight is 365 g/mol. The number of fused-ring (bicyclic) bond motifs is 3. The molecule has 1 heterocycles. The highest BCUT2D eigenvalue weighted by Crippen LogP contribution is 2.43. The van der Waals surface area contributed by atoms with E-state index in [1.165, 1.54) is 6.07 Å². The lowest BCUT2D eigenvalue weighted by Crippen LogP contribution is -2.27. The Kier molecular flexibility index (Phi) is 4.73. The van der Waals surface area contributed by atoms with Gasteiger partial charge in [-0.2, -0.15) is 0 Å². The highest BCUT2D eigenvalue weighted by Gasteiger charge is 2.35. The molecule has 4 heteroatoms. The minimum atomic E-state index is -0.738. The van der Waals surface area contributed by atoms with Crippen molar-refractivity contribution in [2.75, 3.05) is 0 Å². The largest absolute Gasteiger partial charge is 0.481 e. The van der Waals surface area contributed by atoms with Crippen LogP contribution in [0.4, 0.5) is 4.39 Å². The molecular weight excluding hydrogens is 341 g/mol. The topological polar surface area (TPSA) is 42.2 Å². The fraction of sp³-hybridized carbons (Fsp3) is 0.348. The summed E-state index contributed by atoms with van der Waals surface area (Å²) in [5.74, 6) is -1.42. The normalized spacial score (nSPS) is 17.6. The lowest BCUT2D eigenvalue weighted by molar-refractivity contribution is -0.142. The van der Waals surface area contributed by atoms with Crippen molar-refractivity contribution in [3.8, 4) is 0 Å². The molecule has 140 valence electrons. The van der Waals surface area contributed by atoms with Gasteiger partial charge in [-0.3, -0.25) is 4.79 Å². The Hall–Kier alpha value is -2.62. The van der Waals surface area contributed by atoms with Gasteiger partial charge in [0.2, 0.25) is 0 Å². The van der Waals surface area contributed by atoms with Crippen LogP contribution >= 0.6 is 0 Å². The van der Waals surface area contributed by atoms with Crippen molar-refractivity contribution in [2.45, 2.75) is 45.1 Å². The van der Waals surface area contributed by atoms with Gasteiger partial charge in [0, 0.05) is 29.1 Å². The van der Waals surface area contributed by atoms with Crippen LogP contribution < -0.4 is 0 Å². The van der Waals surface area contributed by atoms with E-state index >= 15 is 0 Å². The fourth-order valence-electron chi connectivity index (χ4n) is 4.70. The third-order valence-electron chi connectivity index (χ3n) is 5.89. The van der Waals surface area contributed by atoms with Gasteiger partial charge in [0.25, 0.3) is 0 Å². The minimum Gasteiger partial charge on any atom is -0.481 e. The molecule has 0 fully saturated rings. The van der Waals surface area contributed by atoms with Gasteiger partial charge in [-0.05, 0) is 55.0 Å². The summed E-state index contributed by atoms with van der Waals surface area (Å²) in [6.07, 6.45) is 3.29. The van der Waals surface area contributed by atoms with Gasteiger partial charge in [-0.15, -0.1) is 0 Å². The van der Waals surface area contributed by atoms with E-state index in [1.807, 2.05) is 31.2 Å². The molecule has 0 amide bonds. The second-order valence-corrected chi connectivity index (χ2v) is 7.45. The number of carbonyl (C=O) groups is 1. The Morgan fingerprint density at radius 1 is 1.26 bits per heavy atom. The Labute approximate surface area is 158 Å². The first-order valence-electron chi connectivity index (χ1n) is 9.67. The molecule has 0 aliphatic heterocycles. The van der Waals surface area contributed by atoms with Crippen molar-refractivity contribution in [3.05, 3.63) is 71.2 Å². The van der Waals surface area contributed by atoms with Gasteiger partial charge in [-0.1, -0.05) is 37.3 Å². The van der Waals surface area contributed by atoms with Gasteiger partial charge in [0.05, 0.1) is 5.92 Å². The molecule has 1 aromatic heterocycles. The van der Waals surface area contributed by atoms with Crippen LogP contribution in [-0.4, -0.2) is 15.6 Å². The Morgan fingerprint density at radius 3 is 2.74 bits per heavy atom. The molecule has 0 radical (unpaired) electrons. The minimum absolute atomic E-state index is 0.0320. The van der Waals surface area contributed by atoms with E-state index in [9.17, 15) is 14.3 Å². The second kappa shape index (κ2) is 7.18. The molecule has 0 saturated carbocycles. The van der Waals surface area contributed by atoms with E-state index in [4.69, 9.17) is 0 Å². The number of rotatable bonds is 5. The van der Waals surface area contributed by atoms with E-state index in [2.05, 4.69) is 16.7 Å². The molecular formula is C23H24FNO2. The van der Waals surface area contributed by atoms with E-state index in [0.29, 0.717) is 13.0 Å². The Bertz CT molecular complexity index is 977. The van der Waals surface area contributed by atoms with Gasteiger partial charge >= 0.3 is 5.97 Å². The summed E-state index contributed by atoms with van der Waals surface area (Å²) >= 11 is 0. The number of carboxylic acids is 1. The molecule has 4 rings (SSSR count). The molecule has 2 aromatic carbocycles. The predicted molar refractivity (Wildman–Crippen MR) is 105 cm³/mol. The number of nitrogens with zero attached hydrogens (tertiary/aromatic N) is 1. The van der Waals surface area contributed by atoms with Crippen molar-refractivity contribution >= 4 is 16.9 Å². The maximum Gasteiger partial charge on any atom is 0.307 e. The smallest absolute Gasteiger partial charge is 0.307 e. The Balaban J connectivity index is 1.93. The quantitative estimate of drug-likeness (QED) is 0.661. The molecule has 2 unspecified atom stereocenters. The van der Waals surface area contributed by atoms with Gasteiger partial charge < -0.3 is 9.67 Å². The first kappa shape index (κ1) is 17.8. The number of halogens is 1. The van der Waals surface area contributed by atoms with Crippen molar-refractivity contribution in [2.24, 2.45) is 5.92 Å². The number of hydrogen-bond acceptors (Lipinski definition) is 1. The molecule has 2 atom stereocenters. The number of aryl methyl sites for hydroxylation is 1.